The van der Waals surface area contributed by atoms with Gasteiger partial charge in [-0.15, -0.1) is 0 Å². The molecule has 1 atom stereocenters. The molecule has 144 valence electrons. The summed E-state index contributed by atoms with van der Waals surface area (Å²) in [5.74, 6) is 0.0604. The normalized spacial score (nSPS) is 14.8. The monoisotopic (exact) mass is 396 g/mol. The maximum Gasteiger partial charge on any atom is 0.275 e. The van der Waals surface area contributed by atoms with Crippen LogP contribution in [0.3, 0.4) is 0 Å². The van der Waals surface area contributed by atoms with Gasteiger partial charge in [0.1, 0.15) is 11.4 Å². The molecule has 1 aliphatic rings. The van der Waals surface area contributed by atoms with Crippen molar-refractivity contribution in [2.24, 2.45) is 0 Å². The molecule has 28 heavy (non-hydrogen) atoms. The Morgan fingerprint density at radius 3 is 2.54 bits per heavy atom. The van der Waals surface area contributed by atoms with Gasteiger partial charge < -0.3 is 14.0 Å². The zero-order valence-corrected chi connectivity index (χ0v) is 16.6. The highest BCUT2D eigenvalue weighted by Crippen LogP contribution is 2.21. The topological polar surface area (TPSA) is 60.1 Å². The fourth-order valence-corrected chi connectivity index (χ4v) is 3.74. The SMILES string of the molecule is Cc1cn(-c2ccc3n(c2=O)CCN(CC(C)c2ccc(Cl)cc2)C3=O)cn1. The third-order valence-electron chi connectivity index (χ3n) is 5.18. The zero-order valence-electron chi connectivity index (χ0n) is 15.8. The average molecular weight is 397 g/mol. The molecule has 0 bridgehead atoms. The molecule has 0 aliphatic carbocycles. The Hall–Kier alpha value is -2.86. The van der Waals surface area contributed by atoms with E-state index in [2.05, 4.69) is 11.9 Å². The predicted molar refractivity (Wildman–Crippen MR) is 108 cm³/mol. The van der Waals surface area contributed by atoms with Crippen LogP contribution in [0.4, 0.5) is 0 Å². The van der Waals surface area contributed by atoms with Crippen molar-refractivity contribution in [3.63, 3.8) is 0 Å². The number of nitrogens with zero attached hydrogens (tertiary/aromatic N) is 4. The van der Waals surface area contributed by atoms with Crippen molar-refractivity contribution in [3.05, 3.63) is 81.3 Å². The van der Waals surface area contributed by atoms with Crippen molar-refractivity contribution in [3.8, 4) is 5.69 Å². The van der Waals surface area contributed by atoms with Gasteiger partial charge in [0.05, 0.1) is 12.0 Å². The maximum absolute atomic E-state index is 13.0. The van der Waals surface area contributed by atoms with Gasteiger partial charge >= 0.3 is 0 Å². The maximum atomic E-state index is 13.0. The lowest BCUT2D eigenvalue weighted by Crippen LogP contribution is -2.46. The molecule has 0 spiro atoms. The first-order valence-corrected chi connectivity index (χ1v) is 9.61. The minimum absolute atomic E-state index is 0.113. The first kappa shape index (κ1) is 18.5. The van der Waals surface area contributed by atoms with Crippen LogP contribution in [-0.2, 0) is 6.54 Å². The molecule has 3 aromatic rings. The van der Waals surface area contributed by atoms with E-state index in [1.165, 1.54) is 0 Å². The molecule has 0 saturated heterocycles. The first-order chi connectivity index (χ1) is 13.4. The molecule has 3 heterocycles. The van der Waals surface area contributed by atoms with Crippen molar-refractivity contribution in [2.45, 2.75) is 26.3 Å². The molecular weight excluding hydrogens is 376 g/mol. The van der Waals surface area contributed by atoms with Crippen molar-refractivity contribution >= 4 is 17.5 Å². The highest BCUT2D eigenvalue weighted by molar-refractivity contribution is 6.30. The number of rotatable bonds is 4. The number of halogens is 1. The van der Waals surface area contributed by atoms with Crippen molar-refractivity contribution in [1.29, 1.82) is 0 Å². The van der Waals surface area contributed by atoms with E-state index in [-0.39, 0.29) is 17.4 Å². The molecule has 1 aromatic carbocycles. The number of aromatic nitrogens is 3. The number of pyridine rings is 1. The molecular formula is C21H21ClN4O2. The van der Waals surface area contributed by atoms with Gasteiger partial charge in [0.2, 0.25) is 0 Å². The van der Waals surface area contributed by atoms with Crippen LogP contribution < -0.4 is 5.56 Å². The molecule has 1 amide bonds. The molecule has 4 rings (SSSR count). The first-order valence-electron chi connectivity index (χ1n) is 9.23. The highest BCUT2D eigenvalue weighted by atomic mass is 35.5. The molecule has 6 nitrogen and oxygen atoms in total. The molecule has 1 aliphatic heterocycles. The van der Waals surface area contributed by atoms with Crippen LogP contribution in [0.1, 0.15) is 34.6 Å². The summed E-state index contributed by atoms with van der Waals surface area (Å²) in [5, 5.41) is 0.696. The molecule has 1 unspecified atom stereocenters. The van der Waals surface area contributed by atoms with E-state index in [1.54, 1.807) is 33.8 Å². The van der Waals surface area contributed by atoms with E-state index in [0.29, 0.717) is 36.0 Å². The highest BCUT2D eigenvalue weighted by Gasteiger charge is 2.27. The molecule has 0 fully saturated rings. The van der Waals surface area contributed by atoms with Crippen molar-refractivity contribution in [1.82, 2.24) is 19.0 Å². The minimum atomic E-state index is -0.173. The Bertz CT molecular complexity index is 1080. The van der Waals surface area contributed by atoms with E-state index < -0.39 is 0 Å². The number of amides is 1. The summed E-state index contributed by atoms with van der Waals surface area (Å²) in [4.78, 5) is 31.8. The lowest BCUT2D eigenvalue weighted by atomic mass is 10.00. The summed E-state index contributed by atoms with van der Waals surface area (Å²) < 4.78 is 3.26. The third-order valence-corrected chi connectivity index (χ3v) is 5.43. The van der Waals surface area contributed by atoms with E-state index >= 15 is 0 Å². The Morgan fingerprint density at radius 1 is 1.11 bits per heavy atom. The number of fused-ring (bicyclic) bond motifs is 1. The molecule has 7 heteroatoms. The summed E-state index contributed by atoms with van der Waals surface area (Å²) in [5.41, 5.74) is 2.72. The van der Waals surface area contributed by atoms with Gasteiger partial charge in [-0.25, -0.2) is 4.98 Å². The molecule has 0 saturated carbocycles. The number of hydrogen-bond acceptors (Lipinski definition) is 3. The Kier molecular flexibility index (Phi) is 4.81. The summed E-state index contributed by atoms with van der Waals surface area (Å²) in [7, 11) is 0. The number of carbonyl (C=O) groups is 1. The van der Waals surface area contributed by atoms with Gasteiger partial charge in [-0.05, 0) is 42.7 Å². The lowest BCUT2D eigenvalue weighted by molar-refractivity contribution is 0.0691. The number of benzene rings is 1. The predicted octanol–water partition coefficient (Wildman–Crippen LogP) is 3.26. The second kappa shape index (κ2) is 7.28. The van der Waals surface area contributed by atoms with Crippen LogP contribution in [0, 0.1) is 6.92 Å². The third kappa shape index (κ3) is 3.36. The Balaban J connectivity index is 1.58. The van der Waals surface area contributed by atoms with E-state index in [0.717, 1.165) is 11.3 Å². The van der Waals surface area contributed by atoms with Crippen LogP contribution in [0.2, 0.25) is 5.02 Å². The van der Waals surface area contributed by atoms with E-state index in [4.69, 9.17) is 11.6 Å². The molecule has 0 radical (unpaired) electrons. The summed E-state index contributed by atoms with van der Waals surface area (Å²) in [6.07, 6.45) is 3.41. The average Bonchev–Trinajstić information content (AvgIpc) is 3.11. The summed E-state index contributed by atoms with van der Waals surface area (Å²) >= 11 is 5.96. The number of aryl methyl sites for hydroxylation is 1. The van der Waals surface area contributed by atoms with Crippen LogP contribution in [-0.4, -0.2) is 38.0 Å². The summed E-state index contributed by atoms with van der Waals surface area (Å²) in [6.45, 7) is 5.54. The van der Waals surface area contributed by atoms with Crippen molar-refractivity contribution in [2.75, 3.05) is 13.1 Å². The standard InChI is InChI=1S/C21H21ClN4O2/c1-14(16-3-5-17(22)6-4-16)11-24-9-10-26-19(20(24)27)8-7-18(21(26)28)25-12-15(2)23-13-25/h3-8,12-14H,9-11H2,1-2H3. The van der Waals surface area contributed by atoms with E-state index in [1.807, 2.05) is 36.1 Å². The van der Waals surface area contributed by atoms with Gasteiger partial charge in [0, 0.05) is 30.9 Å². The largest absolute Gasteiger partial charge is 0.335 e. The van der Waals surface area contributed by atoms with Crippen LogP contribution in [0.5, 0.6) is 0 Å². The summed E-state index contributed by atoms with van der Waals surface area (Å²) in [6, 6.07) is 11.1. The second-order valence-corrected chi connectivity index (χ2v) is 7.62. The number of carbonyl (C=O) groups excluding carboxylic acids is 1. The van der Waals surface area contributed by atoms with Gasteiger partial charge in [-0.1, -0.05) is 30.7 Å². The fourth-order valence-electron chi connectivity index (χ4n) is 3.61. The van der Waals surface area contributed by atoms with Crippen molar-refractivity contribution < 1.29 is 4.79 Å². The second-order valence-electron chi connectivity index (χ2n) is 7.19. The smallest absolute Gasteiger partial charge is 0.275 e. The molecule has 0 N–H and O–H groups in total. The van der Waals surface area contributed by atoms with Crippen LogP contribution in [0.25, 0.3) is 5.69 Å². The van der Waals surface area contributed by atoms with Gasteiger partial charge in [0.15, 0.2) is 0 Å². The number of imidazole rings is 1. The lowest BCUT2D eigenvalue weighted by Gasteiger charge is -2.31. The number of hydrogen-bond donors (Lipinski definition) is 0. The zero-order chi connectivity index (χ0) is 19.8. The Labute approximate surface area is 168 Å². The van der Waals surface area contributed by atoms with E-state index in [9.17, 15) is 9.59 Å². The van der Waals surface area contributed by atoms with Gasteiger partial charge in [-0.2, -0.15) is 0 Å². The molecule has 2 aromatic heterocycles. The van der Waals surface area contributed by atoms with Gasteiger partial charge in [-0.3, -0.25) is 9.59 Å². The fraction of sp³-hybridized carbons (Fsp3) is 0.286. The Morgan fingerprint density at radius 2 is 1.86 bits per heavy atom. The van der Waals surface area contributed by atoms with Crippen LogP contribution >= 0.6 is 11.6 Å². The van der Waals surface area contributed by atoms with Crippen LogP contribution in [0.15, 0.2) is 53.7 Å². The minimum Gasteiger partial charge on any atom is -0.335 e. The quantitative estimate of drug-likeness (QED) is 0.680. The van der Waals surface area contributed by atoms with Gasteiger partial charge in [0.25, 0.3) is 11.5 Å².